The Morgan fingerprint density at radius 1 is 1.00 bits per heavy atom. The van der Waals surface area contributed by atoms with Crippen LogP contribution in [0.4, 0.5) is 5.69 Å². The van der Waals surface area contributed by atoms with Crippen molar-refractivity contribution in [3.63, 3.8) is 0 Å². The molecular formula is C25H19N7O4S. The van der Waals surface area contributed by atoms with Gasteiger partial charge in [-0.3, -0.25) is 30.3 Å². The number of hydrogen-bond acceptors (Lipinski definition) is 6. The van der Waals surface area contributed by atoms with E-state index >= 15 is 0 Å². The third-order valence-electron chi connectivity index (χ3n) is 5.85. The third kappa shape index (κ3) is 4.35. The number of aromatic amines is 2. The summed E-state index contributed by atoms with van der Waals surface area (Å²) < 4.78 is 28.5. The quantitative estimate of drug-likeness (QED) is 0.226. The van der Waals surface area contributed by atoms with Crippen molar-refractivity contribution in [2.75, 3.05) is 4.72 Å². The van der Waals surface area contributed by atoms with Crippen molar-refractivity contribution in [1.29, 1.82) is 5.26 Å². The van der Waals surface area contributed by atoms with E-state index < -0.39 is 21.8 Å². The van der Waals surface area contributed by atoms with Gasteiger partial charge in [0.25, 0.3) is 21.8 Å². The summed E-state index contributed by atoms with van der Waals surface area (Å²) in [6.45, 7) is 1.83. The van der Waals surface area contributed by atoms with Gasteiger partial charge in [0.15, 0.2) is 0 Å². The van der Waals surface area contributed by atoms with Crippen molar-refractivity contribution in [1.82, 2.24) is 26.0 Å². The molecule has 184 valence electrons. The molecule has 0 unspecified atom stereocenters. The lowest BCUT2D eigenvalue weighted by Gasteiger charge is -2.11. The molecule has 12 heteroatoms. The van der Waals surface area contributed by atoms with E-state index in [2.05, 4.69) is 36.8 Å². The van der Waals surface area contributed by atoms with Gasteiger partial charge in [0.05, 0.1) is 38.9 Å². The molecule has 11 nitrogen and oxygen atoms in total. The zero-order valence-corrected chi connectivity index (χ0v) is 20.1. The lowest BCUT2D eigenvalue weighted by Crippen LogP contribution is -2.41. The zero-order chi connectivity index (χ0) is 26.2. The molecule has 0 aliphatic heterocycles. The van der Waals surface area contributed by atoms with E-state index in [4.69, 9.17) is 0 Å². The van der Waals surface area contributed by atoms with Gasteiger partial charge in [-0.2, -0.15) is 10.4 Å². The number of H-pyrrole nitrogens is 2. The third-order valence-corrected chi connectivity index (χ3v) is 7.24. The van der Waals surface area contributed by atoms with Crippen LogP contribution < -0.4 is 15.6 Å². The number of benzene rings is 3. The molecule has 5 rings (SSSR count). The van der Waals surface area contributed by atoms with Crippen LogP contribution in [0.2, 0.25) is 0 Å². The number of nitrogens with zero attached hydrogens (tertiary/aromatic N) is 2. The Hall–Kier alpha value is -5.15. The van der Waals surface area contributed by atoms with Crippen LogP contribution in [-0.4, -0.2) is 35.4 Å². The number of sulfonamides is 1. The van der Waals surface area contributed by atoms with Crippen LogP contribution >= 0.6 is 0 Å². The van der Waals surface area contributed by atoms with E-state index in [0.29, 0.717) is 38.6 Å². The predicted molar refractivity (Wildman–Crippen MR) is 136 cm³/mol. The fraction of sp³-hybridized carbons (Fsp3) is 0.0400. The van der Waals surface area contributed by atoms with Gasteiger partial charge in [0, 0.05) is 22.5 Å². The highest BCUT2D eigenvalue weighted by Crippen LogP contribution is 2.30. The SMILES string of the molecule is Cc1ccc(NS(=O)(=O)c2ccc(C(=O)NNC(=O)c3cccc4[nH]ncc34)cc2)c2[nH]cc(C#N)c12. The maximum atomic E-state index is 13.0. The Morgan fingerprint density at radius 3 is 2.51 bits per heavy atom. The van der Waals surface area contributed by atoms with E-state index in [-0.39, 0.29) is 10.5 Å². The molecule has 0 saturated carbocycles. The van der Waals surface area contributed by atoms with Crippen LogP contribution in [0.25, 0.3) is 21.8 Å². The van der Waals surface area contributed by atoms with Gasteiger partial charge in [0.1, 0.15) is 6.07 Å². The number of carbonyl (C=O) groups is 2. The first-order chi connectivity index (χ1) is 17.8. The number of hydrogen-bond donors (Lipinski definition) is 5. The maximum absolute atomic E-state index is 13.0. The van der Waals surface area contributed by atoms with Gasteiger partial charge >= 0.3 is 0 Å². The van der Waals surface area contributed by atoms with E-state index in [1.165, 1.54) is 36.7 Å². The first-order valence-electron chi connectivity index (χ1n) is 10.9. The molecule has 5 N–H and O–H groups in total. The fourth-order valence-electron chi connectivity index (χ4n) is 4.00. The highest BCUT2D eigenvalue weighted by Gasteiger charge is 2.19. The second-order valence-corrected chi connectivity index (χ2v) is 9.85. The fourth-order valence-corrected chi connectivity index (χ4v) is 5.07. The molecule has 0 aliphatic carbocycles. The number of carbonyl (C=O) groups excluding carboxylic acids is 2. The van der Waals surface area contributed by atoms with E-state index in [0.717, 1.165) is 5.56 Å². The average molecular weight is 514 g/mol. The second-order valence-electron chi connectivity index (χ2n) is 8.17. The molecule has 0 bridgehead atoms. The van der Waals surface area contributed by atoms with Crippen LogP contribution in [0.3, 0.4) is 0 Å². The van der Waals surface area contributed by atoms with Gasteiger partial charge in [-0.15, -0.1) is 0 Å². The van der Waals surface area contributed by atoms with Crippen LogP contribution in [0.15, 0.2) is 71.9 Å². The lowest BCUT2D eigenvalue weighted by atomic mass is 10.1. The first kappa shape index (κ1) is 23.6. The molecule has 2 heterocycles. The molecule has 37 heavy (non-hydrogen) atoms. The molecule has 0 saturated heterocycles. The highest BCUT2D eigenvalue weighted by molar-refractivity contribution is 7.92. The lowest BCUT2D eigenvalue weighted by molar-refractivity contribution is 0.0847. The molecule has 3 aromatic carbocycles. The number of anilines is 1. The molecule has 2 amide bonds. The van der Waals surface area contributed by atoms with Crippen molar-refractivity contribution in [2.45, 2.75) is 11.8 Å². The molecule has 2 aromatic heterocycles. The predicted octanol–water partition coefficient (Wildman–Crippen LogP) is 3.10. The van der Waals surface area contributed by atoms with Gasteiger partial charge in [-0.25, -0.2) is 8.42 Å². The van der Waals surface area contributed by atoms with Gasteiger partial charge < -0.3 is 4.98 Å². The Bertz CT molecular complexity index is 1830. The summed E-state index contributed by atoms with van der Waals surface area (Å²) in [5.74, 6) is -1.16. The standard InChI is InChI=1S/C25H19N7O4S/c1-14-5-10-21(23-22(14)16(11-26)12-27-23)32-37(35,36)17-8-6-15(7-9-17)24(33)30-31-25(34)18-3-2-4-20-19(18)13-28-29-20/h2-10,12-13,27,32H,1H3,(H,28,29)(H,30,33)(H,31,34). The number of aryl methyl sites for hydroxylation is 1. The number of rotatable bonds is 5. The minimum Gasteiger partial charge on any atom is -0.358 e. The second kappa shape index (κ2) is 9.14. The van der Waals surface area contributed by atoms with E-state index in [9.17, 15) is 23.3 Å². The van der Waals surface area contributed by atoms with Crippen molar-refractivity contribution in [3.05, 3.63) is 89.2 Å². The number of amides is 2. The van der Waals surface area contributed by atoms with Crippen LogP contribution in [0, 0.1) is 18.3 Å². The number of aromatic nitrogens is 3. The molecule has 0 fully saturated rings. The molecule has 0 radical (unpaired) electrons. The summed E-state index contributed by atoms with van der Waals surface area (Å²) in [6.07, 6.45) is 3.04. The number of fused-ring (bicyclic) bond motifs is 2. The Balaban J connectivity index is 1.29. The number of nitriles is 1. The topological polar surface area (TPSA) is 173 Å². The zero-order valence-electron chi connectivity index (χ0n) is 19.3. The van der Waals surface area contributed by atoms with Crippen molar-refractivity contribution < 1.29 is 18.0 Å². The Kier molecular flexibility index (Phi) is 5.82. The molecule has 0 atom stereocenters. The van der Waals surface area contributed by atoms with Crippen molar-refractivity contribution >= 4 is 49.3 Å². The van der Waals surface area contributed by atoms with Crippen molar-refractivity contribution in [2.24, 2.45) is 0 Å². The first-order valence-corrected chi connectivity index (χ1v) is 12.4. The largest absolute Gasteiger partial charge is 0.358 e. The van der Waals surface area contributed by atoms with Crippen molar-refractivity contribution in [3.8, 4) is 6.07 Å². The van der Waals surface area contributed by atoms with E-state index in [1.807, 2.05) is 6.92 Å². The minimum absolute atomic E-state index is 0.0690. The monoisotopic (exact) mass is 513 g/mol. The van der Waals surface area contributed by atoms with Gasteiger partial charge in [-0.1, -0.05) is 12.1 Å². The number of hydrazine groups is 1. The number of nitrogens with one attached hydrogen (secondary N) is 5. The minimum atomic E-state index is -4.00. The summed E-state index contributed by atoms with van der Waals surface area (Å²) in [5.41, 5.74) is 7.85. The van der Waals surface area contributed by atoms with E-state index in [1.54, 1.807) is 30.3 Å². The maximum Gasteiger partial charge on any atom is 0.270 e. The molecule has 0 spiro atoms. The summed E-state index contributed by atoms with van der Waals surface area (Å²) >= 11 is 0. The molecule has 5 aromatic rings. The smallest absolute Gasteiger partial charge is 0.270 e. The highest BCUT2D eigenvalue weighted by atomic mass is 32.2. The Morgan fingerprint density at radius 2 is 1.76 bits per heavy atom. The summed E-state index contributed by atoms with van der Waals surface area (Å²) in [5, 5.41) is 17.2. The summed E-state index contributed by atoms with van der Waals surface area (Å²) in [7, 11) is -4.00. The van der Waals surface area contributed by atoms with Crippen LogP contribution in [0.1, 0.15) is 31.8 Å². The molecule has 0 aliphatic rings. The average Bonchev–Trinajstić information content (AvgIpc) is 3.56. The summed E-state index contributed by atoms with van der Waals surface area (Å²) in [4.78, 5) is 27.9. The van der Waals surface area contributed by atoms with Gasteiger partial charge in [0.2, 0.25) is 0 Å². The summed E-state index contributed by atoms with van der Waals surface area (Å²) in [6, 6.07) is 15.7. The molecular weight excluding hydrogens is 494 g/mol. The normalized spacial score (nSPS) is 11.2. The van der Waals surface area contributed by atoms with Gasteiger partial charge in [-0.05, 0) is 55.0 Å². The van der Waals surface area contributed by atoms with Crippen LogP contribution in [-0.2, 0) is 10.0 Å². The Labute approximate surface area is 210 Å². The van der Waals surface area contributed by atoms with Crippen LogP contribution in [0.5, 0.6) is 0 Å².